The molecule has 0 bridgehead atoms. The highest BCUT2D eigenvalue weighted by Gasteiger charge is 2.10. The SMILES string of the molecule is C/C=C\C(C)NC(C)(C)C. The molecule has 0 rings (SSSR count). The van der Waals surface area contributed by atoms with E-state index in [4.69, 9.17) is 0 Å². The fraction of sp³-hybridized carbons (Fsp3) is 0.778. The Morgan fingerprint density at radius 3 is 2.10 bits per heavy atom. The van der Waals surface area contributed by atoms with E-state index in [1.165, 1.54) is 0 Å². The first-order valence-corrected chi connectivity index (χ1v) is 3.86. The summed E-state index contributed by atoms with van der Waals surface area (Å²) in [5.74, 6) is 0. The Bertz CT molecular complexity index is 108. The molecular weight excluding hydrogens is 122 g/mol. The van der Waals surface area contributed by atoms with Crippen molar-refractivity contribution in [1.82, 2.24) is 5.32 Å². The van der Waals surface area contributed by atoms with E-state index >= 15 is 0 Å². The van der Waals surface area contributed by atoms with Crippen LogP contribution in [0, 0.1) is 0 Å². The molecule has 0 amide bonds. The Labute approximate surface area is 64.5 Å². The molecule has 1 unspecified atom stereocenters. The summed E-state index contributed by atoms with van der Waals surface area (Å²) in [6.07, 6.45) is 4.23. The molecule has 0 heterocycles. The fourth-order valence-electron chi connectivity index (χ4n) is 1.02. The normalized spacial score (nSPS) is 16.1. The molecule has 0 aromatic heterocycles. The van der Waals surface area contributed by atoms with E-state index in [-0.39, 0.29) is 5.54 Å². The minimum absolute atomic E-state index is 0.221. The van der Waals surface area contributed by atoms with E-state index < -0.39 is 0 Å². The average Bonchev–Trinajstić information content (AvgIpc) is 1.59. The Morgan fingerprint density at radius 1 is 1.30 bits per heavy atom. The highest BCUT2D eigenvalue weighted by atomic mass is 15.0. The van der Waals surface area contributed by atoms with Gasteiger partial charge in [0.15, 0.2) is 0 Å². The van der Waals surface area contributed by atoms with Crippen molar-refractivity contribution in [2.75, 3.05) is 0 Å². The van der Waals surface area contributed by atoms with Gasteiger partial charge in [-0.25, -0.2) is 0 Å². The van der Waals surface area contributed by atoms with Crippen molar-refractivity contribution in [2.24, 2.45) is 0 Å². The summed E-state index contributed by atoms with van der Waals surface area (Å²) in [7, 11) is 0. The van der Waals surface area contributed by atoms with Crippen LogP contribution in [-0.2, 0) is 0 Å². The molecule has 0 saturated heterocycles. The maximum absolute atomic E-state index is 3.43. The predicted octanol–water partition coefficient (Wildman–Crippen LogP) is 2.34. The lowest BCUT2D eigenvalue weighted by Gasteiger charge is -2.23. The molecule has 0 aliphatic carbocycles. The third-order valence-corrected chi connectivity index (χ3v) is 1.14. The third-order valence-electron chi connectivity index (χ3n) is 1.14. The van der Waals surface area contributed by atoms with Gasteiger partial charge in [0.25, 0.3) is 0 Å². The molecule has 0 aromatic carbocycles. The van der Waals surface area contributed by atoms with Crippen molar-refractivity contribution in [2.45, 2.75) is 46.2 Å². The van der Waals surface area contributed by atoms with Gasteiger partial charge in [0.1, 0.15) is 0 Å². The quantitative estimate of drug-likeness (QED) is 0.582. The smallest absolute Gasteiger partial charge is 0.0226 e. The van der Waals surface area contributed by atoms with Gasteiger partial charge < -0.3 is 5.32 Å². The second kappa shape index (κ2) is 3.77. The van der Waals surface area contributed by atoms with Gasteiger partial charge >= 0.3 is 0 Å². The second-order valence-corrected chi connectivity index (χ2v) is 3.71. The summed E-state index contributed by atoms with van der Waals surface area (Å²) < 4.78 is 0. The Hall–Kier alpha value is -0.300. The first-order valence-electron chi connectivity index (χ1n) is 3.86. The molecule has 10 heavy (non-hydrogen) atoms. The first-order chi connectivity index (χ1) is 4.45. The van der Waals surface area contributed by atoms with Crippen molar-refractivity contribution in [3.8, 4) is 0 Å². The number of allylic oxidation sites excluding steroid dienone is 1. The van der Waals surface area contributed by atoms with Crippen LogP contribution in [0.5, 0.6) is 0 Å². The average molecular weight is 141 g/mol. The van der Waals surface area contributed by atoms with Gasteiger partial charge in [-0.05, 0) is 34.6 Å². The van der Waals surface area contributed by atoms with Gasteiger partial charge in [-0.3, -0.25) is 0 Å². The van der Waals surface area contributed by atoms with Crippen LogP contribution in [0.15, 0.2) is 12.2 Å². The zero-order valence-corrected chi connectivity index (χ0v) is 7.73. The summed E-state index contributed by atoms with van der Waals surface area (Å²) in [4.78, 5) is 0. The van der Waals surface area contributed by atoms with Crippen LogP contribution in [0.4, 0.5) is 0 Å². The number of hydrogen-bond acceptors (Lipinski definition) is 1. The fourth-order valence-corrected chi connectivity index (χ4v) is 1.02. The van der Waals surface area contributed by atoms with Crippen LogP contribution in [-0.4, -0.2) is 11.6 Å². The van der Waals surface area contributed by atoms with E-state index in [0.717, 1.165) is 0 Å². The van der Waals surface area contributed by atoms with Crippen LogP contribution in [0.25, 0.3) is 0 Å². The molecule has 0 spiro atoms. The molecule has 0 saturated carbocycles. The summed E-state index contributed by atoms with van der Waals surface area (Å²) in [5, 5.41) is 3.43. The van der Waals surface area contributed by atoms with Crippen LogP contribution in [0.3, 0.4) is 0 Å². The lowest BCUT2D eigenvalue weighted by Crippen LogP contribution is -2.41. The molecule has 0 radical (unpaired) electrons. The predicted molar refractivity (Wildman–Crippen MR) is 47.2 cm³/mol. The van der Waals surface area contributed by atoms with Gasteiger partial charge in [-0.15, -0.1) is 0 Å². The molecule has 0 aliphatic heterocycles. The standard InChI is InChI=1S/C9H19N/c1-6-7-8(2)10-9(3,4)5/h6-8,10H,1-5H3/b7-6-. The molecular formula is C9H19N. The van der Waals surface area contributed by atoms with Crippen molar-refractivity contribution >= 4 is 0 Å². The van der Waals surface area contributed by atoms with E-state index in [0.29, 0.717) is 6.04 Å². The minimum atomic E-state index is 0.221. The number of hydrogen-bond donors (Lipinski definition) is 1. The molecule has 0 aliphatic rings. The minimum Gasteiger partial charge on any atom is -0.306 e. The lowest BCUT2D eigenvalue weighted by atomic mass is 10.1. The monoisotopic (exact) mass is 141 g/mol. The van der Waals surface area contributed by atoms with Crippen LogP contribution >= 0.6 is 0 Å². The molecule has 60 valence electrons. The van der Waals surface area contributed by atoms with Gasteiger partial charge in [0.2, 0.25) is 0 Å². The summed E-state index contributed by atoms with van der Waals surface area (Å²) >= 11 is 0. The highest BCUT2D eigenvalue weighted by Crippen LogP contribution is 2.01. The molecule has 0 fully saturated rings. The molecule has 0 aromatic rings. The van der Waals surface area contributed by atoms with Crippen molar-refractivity contribution in [3.05, 3.63) is 12.2 Å². The van der Waals surface area contributed by atoms with Crippen LogP contribution in [0.1, 0.15) is 34.6 Å². The molecule has 1 heteroatoms. The molecule has 1 N–H and O–H groups in total. The Morgan fingerprint density at radius 2 is 1.80 bits per heavy atom. The van der Waals surface area contributed by atoms with Crippen LogP contribution in [0.2, 0.25) is 0 Å². The summed E-state index contributed by atoms with van der Waals surface area (Å²) in [6, 6.07) is 0.477. The van der Waals surface area contributed by atoms with Crippen molar-refractivity contribution in [3.63, 3.8) is 0 Å². The summed E-state index contributed by atoms with van der Waals surface area (Å²) in [6.45, 7) is 10.7. The maximum Gasteiger partial charge on any atom is 0.0226 e. The largest absolute Gasteiger partial charge is 0.306 e. The van der Waals surface area contributed by atoms with Crippen molar-refractivity contribution < 1.29 is 0 Å². The van der Waals surface area contributed by atoms with Crippen LogP contribution < -0.4 is 5.32 Å². The second-order valence-electron chi connectivity index (χ2n) is 3.71. The summed E-state index contributed by atoms with van der Waals surface area (Å²) in [5.41, 5.74) is 0.221. The highest BCUT2D eigenvalue weighted by molar-refractivity contribution is 4.91. The zero-order valence-electron chi connectivity index (χ0n) is 7.73. The zero-order chi connectivity index (χ0) is 8.20. The molecule has 1 atom stereocenters. The van der Waals surface area contributed by atoms with E-state index in [1.807, 2.05) is 6.92 Å². The maximum atomic E-state index is 3.43. The number of nitrogens with one attached hydrogen (secondary N) is 1. The Kier molecular flexibility index (Phi) is 3.66. The van der Waals surface area contributed by atoms with Gasteiger partial charge in [0.05, 0.1) is 0 Å². The van der Waals surface area contributed by atoms with E-state index in [1.54, 1.807) is 0 Å². The lowest BCUT2D eigenvalue weighted by molar-refractivity contribution is 0.403. The van der Waals surface area contributed by atoms with Crippen molar-refractivity contribution in [1.29, 1.82) is 0 Å². The van der Waals surface area contributed by atoms with Gasteiger partial charge in [-0.2, -0.15) is 0 Å². The van der Waals surface area contributed by atoms with E-state index in [9.17, 15) is 0 Å². The van der Waals surface area contributed by atoms with Gasteiger partial charge in [0, 0.05) is 11.6 Å². The Balaban J connectivity index is 3.68. The van der Waals surface area contributed by atoms with Gasteiger partial charge in [-0.1, -0.05) is 12.2 Å². The topological polar surface area (TPSA) is 12.0 Å². The van der Waals surface area contributed by atoms with E-state index in [2.05, 4.69) is 45.2 Å². The first kappa shape index (κ1) is 9.70. The molecule has 1 nitrogen and oxygen atoms in total. The third kappa shape index (κ3) is 5.83. The number of rotatable bonds is 2.